The summed E-state index contributed by atoms with van der Waals surface area (Å²) in [7, 11) is 0. The molecular weight excluding hydrogens is 622 g/mol. The summed E-state index contributed by atoms with van der Waals surface area (Å²) in [6.45, 7) is 0.320. The topological polar surface area (TPSA) is 58.6 Å². The van der Waals surface area contributed by atoms with Gasteiger partial charge in [0, 0.05) is 13.6 Å². The van der Waals surface area contributed by atoms with Gasteiger partial charge in [0.25, 0.3) is 11.8 Å². The Balaban J connectivity index is 1.66. The van der Waals surface area contributed by atoms with Gasteiger partial charge in [-0.2, -0.15) is 0 Å². The minimum atomic E-state index is -0.619. The first-order valence-corrected chi connectivity index (χ1v) is 11.9. The number of hydrogen-bond donors (Lipinski definition) is 1. The molecule has 0 saturated carbocycles. The number of nitrogens with zero attached hydrogens (tertiary/aromatic N) is 1. The highest BCUT2D eigenvalue weighted by Crippen LogP contribution is 2.29. The second kappa shape index (κ2) is 10.1. The van der Waals surface area contributed by atoms with E-state index < -0.39 is 17.6 Å². The van der Waals surface area contributed by atoms with E-state index in [1.807, 2.05) is 30.3 Å². The third kappa shape index (κ3) is 5.48. The van der Waals surface area contributed by atoms with E-state index >= 15 is 0 Å². The van der Waals surface area contributed by atoms with Gasteiger partial charge in [0.15, 0.2) is 5.11 Å². The zero-order valence-corrected chi connectivity index (χ0v) is 21.4. The first kappa shape index (κ1) is 23.5. The summed E-state index contributed by atoms with van der Waals surface area (Å²) in [5.41, 5.74) is 1.75. The standard InChI is InChI=1S/C24H15BrFIN2O3S/c25-16-3-10-21(32-13-14-1-6-18(27)7-2-14)15(11-16)12-20-22(30)28-24(33)29(23(20)31)19-8-4-17(26)5-9-19/h1-12H,13H2,(H,28,30,33)/b20-12+. The number of amides is 2. The van der Waals surface area contributed by atoms with Crippen molar-refractivity contribution in [2.24, 2.45) is 0 Å². The monoisotopic (exact) mass is 636 g/mol. The number of thiocarbonyl (C=S) groups is 1. The van der Waals surface area contributed by atoms with Crippen LogP contribution in [0.1, 0.15) is 11.1 Å². The fourth-order valence-corrected chi connectivity index (χ4v) is 4.16. The van der Waals surface area contributed by atoms with Crippen LogP contribution in [-0.2, 0) is 16.2 Å². The van der Waals surface area contributed by atoms with Crippen molar-refractivity contribution >= 4 is 79.4 Å². The molecule has 0 spiro atoms. The molecular formula is C24H15BrFIN2O3S. The van der Waals surface area contributed by atoms with Crippen molar-refractivity contribution in [3.05, 3.63) is 97.3 Å². The number of nitrogens with one attached hydrogen (secondary N) is 1. The number of rotatable bonds is 5. The van der Waals surface area contributed by atoms with Crippen LogP contribution in [0.3, 0.4) is 0 Å². The zero-order chi connectivity index (χ0) is 23.5. The number of carbonyl (C=O) groups is 2. The third-order valence-corrected chi connectivity index (χ3v) is 6.26. The summed E-state index contributed by atoms with van der Waals surface area (Å²) in [4.78, 5) is 27.0. The summed E-state index contributed by atoms with van der Waals surface area (Å²) >= 11 is 10.8. The van der Waals surface area contributed by atoms with Gasteiger partial charge in [-0.05, 0) is 101 Å². The first-order valence-electron chi connectivity index (χ1n) is 9.65. The van der Waals surface area contributed by atoms with Crippen LogP contribution in [0.5, 0.6) is 5.75 Å². The van der Waals surface area contributed by atoms with Gasteiger partial charge >= 0.3 is 0 Å². The fraction of sp³-hybridized carbons (Fsp3) is 0.0417. The molecule has 2 amide bonds. The Morgan fingerprint density at radius 1 is 1.06 bits per heavy atom. The average molecular weight is 637 g/mol. The number of anilines is 1. The van der Waals surface area contributed by atoms with Crippen molar-refractivity contribution in [1.82, 2.24) is 5.32 Å². The molecule has 0 unspecified atom stereocenters. The highest BCUT2D eigenvalue weighted by molar-refractivity contribution is 14.1. The van der Waals surface area contributed by atoms with E-state index in [1.54, 1.807) is 12.1 Å². The Labute approximate surface area is 216 Å². The summed E-state index contributed by atoms with van der Waals surface area (Å²) in [5.74, 6) is -1.17. The molecule has 3 aromatic rings. The summed E-state index contributed by atoms with van der Waals surface area (Å²) in [5, 5.41) is 2.45. The van der Waals surface area contributed by atoms with Gasteiger partial charge in [-0.25, -0.2) is 4.39 Å². The minimum Gasteiger partial charge on any atom is -0.488 e. The Morgan fingerprint density at radius 2 is 1.76 bits per heavy atom. The predicted octanol–water partition coefficient (Wildman–Crippen LogP) is 5.60. The Bertz CT molecular complexity index is 1280. The van der Waals surface area contributed by atoms with E-state index in [4.69, 9.17) is 17.0 Å². The van der Waals surface area contributed by atoms with Gasteiger partial charge in [-0.1, -0.05) is 28.1 Å². The molecule has 0 bridgehead atoms. The average Bonchev–Trinajstić information content (AvgIpc) is 2.78. The Kier molecular flexibility index (Phi) is 7.20. The molecule has 5 nitrogen and oxygen atoms in total. The van der Waals surface area contributed by atoms with Gasteiger partial charge < -0.3 is 4.74 Å². The molecule has 4 rings (SSSR count). The van der Waals surface area contributed by atoms with Crippen molar-refractivity contribution < 1.29 is 18.7 Å². The molecule has 1 aliphatic heterocycles. The Hall–Kier alpha value is -2.63. The molecule has 9 heteroatoms. The quantitative estimate of drug-likeness (QED) is 0.171. The van der Waals surface area contributed by atoms with Gasteiger partial charge in [0.1, 0.15) is 23.7 Å². The van der Waals surface area contributed by atoms with Crippen molar-refractivity contribution in [3.8, 4) is 5.75 Å². The molecule has 33 heavy (non-hydrogen) atoms. The van der Waals surface area contributed by atoms with Crippen LogP contribution in [-0.4, -0.2) is 16.9 Å². The maximum absolute atomic E-state index is 13.3. The van der Waals surface area contributed by atoms with Gasteiger partial charge in [-0.3, -0.25) is 19.8 Å². The lowest BCUT2D eigenvalue weighted by Gasteiger charge is -2.29. The molecule has 1 saturated heterocycles. The zero-order valence-electron chi connectivity index (χ0n) is 16.8. The van der Waals surface area contributed by atoms with Crippen LogP contribution in [0.2, 0.25) is 0 Å². The molecule has 1 fully saturated rings. The molecule has 0 aromatic heterocycles. The minimum absolute atomic E-state index is 0.0711. The van der Waals surface area contributed by atoms with Crippen LogP contribution in [0, 0.1) is 9.39 Å². The van der Waals surface area contributed by atoms with E-state index in [0.717, 1.165) is 18.5 Å². The number of carbonyl (C=O) groups excluding carboxylic acids is 2. The van der Waals surface area contributed by atoms with E-state index in [1.165, 1.54) is 30.3 Å². The number of benzene rings is 3. The lowest BCUT2D eigenvalue weighted by molar-refractivity contribution is -0.122. The largest absolute Gasteiger partial charge is 0.488 e. The van der Waals surface area contributed by atoms with Crippen LogP contribution >= 0.6 is 50.7 Å². The van der Waals surface area contributed by atoms with E-state index in [-0.39, 0.29) is 10.7 Å². The molecule has 0 atom stereocenters. The van der Waals surface area contributed by atoms with Gasteiger partial charge in [0.05, 0.1) is 5.69 Å². The lowest BCUT2D eigenvalue weighted by atomic mass is 10.1. The van der Waals surface area contributed by atoms with E-state index in [2.05, 4.69) is 43.8 Å². The van der Waals surface area contributed by atoms with E-state index in [9.17, 15) is 14.0 Å². The number of hydrogen-bond acceptors (Lipinski definition) is 4. The second-order valence-corrected chi connectivity index (χ2v) is 9.58. The first-order chi connectivity index (χ1) is 15.8. The molecule has 166 valence electrons. The predicted molar refractivity (Wildman–Crippen MR) is 140 cm³/mol. The molecule has 0 radical (unpaired) electrons. The normalized spacial score (nSPS) is 15.1. The highest BCUT2D eigenvalue weighted by atomic mass is 127. The maximum atomic E-state index is 13.3. The smallest absolute Gasteiger partial charge is 0.270 e. The summed E-state index contributed by atoms with van der Waals surface area (Å²) in [6, 6.07) is 18.5. The lowest BCUT2D eigenvalue weighted by Crippen LogP contribution is -2.54. The molecule has 1 heterocycles. The van der Waals surface area contributed by atoms with Crippen molar-refractivity contribution in [2.45, 2.75) is 6.61 Å². The second-order valence-electron chi connectivity index (χ2n) is 7.03. The molecule has 0 aliphatic carbocycles. The SMILES string of the molecule is O=C1NC(=S)N(c2ccc(F)cc2)C(=O)/C1=C/c1cc(Br)ccc1OCc1ccc(I)cc1. The van der Waals surface area contributed by atoms with Gasteiger partial charge in [-0.15, -0.1) is 0 Å². The van der Waals surface area contributed by atoms with Crippen molar-refractivity contribution in [1.29, 1.82) is 0 Å². The van der Waals surface area contributed by atoms with Crippen LogP contribution in [0.4, 0.5) is 10.1 Å². The van der Waals surface area contributed by atoms with Crippen LogP contribution in [0.25, 0.3) is 6.08 Å². The van der Waals surface area contributed by atoms with Gasteiger partial charge in [0.2, 0.25) is 0 Å². The molecule has 3 aromatic carbocycles. The van der Waals surface area contributed by atoms with Crippen LogP contribution in [0.15, 0.2) is 76.8 Å². The van der Waals surface area contributed by atoms with E-state index in [0.29, 0.717) is 23.6 Å². The maximum Gasteiger partial charge on any atom is 0.270 e. The summed E-state index contributed by atoms with van der Waals surface area (Å²) in [6.07, 6.45) is 1.46. The Morgan fingerprint density at radius 3 is 2.45 bits per heavy atom. The van der Waals surface area contributed by atoms with Crippen LogP contribution < -0.4 is 15.0 Å². The molecule has 1 aliphatic rings. The highest BCUT2D eigenvalue weighted by Gasteiger charge is 2.34. The van der Waals surface area contributed by atoms with Crippen molar-refractivity contribution in [2.75, 3.05) is 4.90 Å². The number of ether oxygens (including phenoxy) is 1. The third-order valence-electron chi connectivity index (χ3n) is 4.77. The molecule has 1 N–H and O–H groups in total. The fourth-order valence-electron chi connectivity index (χ4n) is 3.14. The number of halogens is 3. The summed E-state index contributed by atoms with van der Waals surface area (Å²) < 4.78 is 21.2. The van der Waals surface area contributed by atoms with Crippen molar-refractivity contribution in [3.63, 3.8) is 0 Å².